The molecule has 116 valence electrons. The van der Waals surface area contributed by atoms with Gasteiger partial charge in [-0.2, -0.15) is 0 Å². The molecule has 4 rings (SSSR count). The predicted octanol–water partition coefficient (Wildman–Crippen LogP) is 4.42. The van der Waals surface area contributed by atoms with Crippen molar-refractivity contribution in [1.82, 2.24) is 9.97 Å². The number of hydrogen-bond acceptors (Lipinski definition) is 4. The van der Waals surface area contributed by atoms with Crippen LogP contribution < -0.4 is 5.32 Å². The molecule has 1 saturated carbocycles. The molecular weight excluding hydrogens is 381 g/mol. The summed E-state index contributed by atoms with van der Waals surface area (Å²) in [4.78, 5) is 20.3. The first kappa shape index (κ1) is 14.7. The molecule has 23 heavy (non-hydrogen) atoms. The zero-order chi connectivity index (χ0) is 16.0. The number of hydrogen-bond donors (Lipinski definition) is 1. The Morgan fingerprint density at radius 1 is 1.39 bits per heavy atom. The van der Waals surface area contributed by atoms with Gasteiger partial charge in [-0.05, 0) is 30.2 Å². The molecule has 0 radical (unpaired) electrons. The average molecular weight is 392 g/mol. The zero-order valence-corrected chi connectivity index (χ0v) is 14.2. The number of nitrogens with one attached hydrogen (secondary N) is 1. The van der Waals surface area contributed by atoms with Gasteiger partial charge in [0.25, 0.3) is 0 Å². The first-order valence-electron chi connectivity index (χ1n) is 7.07. The molecule has 2 atom stereocenters. The highest BCUT2D eigenvalue weighted by molar-refractivity contribution is 9.10. The van der Waals surface area contributed by atoms with Gasteiger partial charge in [0.15, 0.2) is 5.13 Å². The van der Waals surface area contributed by atoms with Crippen LogP contribution in [0.5, 0.6) is 0 Å². The Balaban J connectivity index is 1.64. The van der Waals surface area contributed by atoms with Crippen molar-refractivity contribution in [3.05, 3.63) is 41.1 Å². The molecule has 1 aliphatic rings. The molecule has 1 amide bonds. The van der Waals surface area contributed by atoms with Crippen molar-refractivity contribution in [2.75, 3.05) is 5.32 Å². The van der Waals surface area contributed by atoms with Gasteiger partial charge in [-0.3, -0.25) is 9.78 Å². The first-order valence-corrected chi connectivity index (χ1v) is 8.68. The number of rotatable bonds is 3. The van der Waals surface area contributed by atoms with Crippen LogP contribution in [0.4, 0.5) is 9.52 Å². The summed E-state index contributed by atoms with van der Waals surface area (Å²) in [5.41, 5.74) is 2.82. The summed E-state index contributed by atoms with van der Waals surface area (Å²) in [6.07, 6.45) is 2.83. The molecule has 4 nitrogen and oxygen atoms in total. The van der Waals surface area contributed by atoms with Crippen LogP contribution >= 0.6 is 27.3 Å². The zero-order valence-electron chi connectivity index (χ0n) is 11.8. The summed E-state index contributed by atoms with van der Waals surface area (Å²) in [6, 6.07) is 7.78. The highest BCUT2D eigenvalue weighted by Crippen LogP contribution is 2.36. The number of fused-ring (bicyclic) bond motifs is 1. The van der Waals surface area contributed by atoms with Gasteiger partial charge < -0.3 is 5.32 Å². The van der Waals surface area contributed by atoms with Crippen LogP contribution in [0.1, 0.15) is 6.42 Å². The SMILES string of the molecule is O=C(Nc1nc2ccc(-c3cnccc3Br)cc2s1)C1CC1F. The van der Waals surface area contributed by atoms with Crippen molar-refractivity contribution >= 4 is 48.5 Å². The molecule has 2 unspecified atom stereocenters. The third-order valence-electron chi connectivity index (χ3n) is 3.75. The molecule has 0 spiro atoms. The van der Waals surface area contributed by atoms with E-state index in [1.807, 2.05) is 24.3 Å². The number of aromatic nitrogens is 2. The van der Waals surface area contributed by atoms with Crippen molar-refractivity contribution < 1.29 is 9.18 Å². The van der Waals surface area contributed by atoms with Crippen molar-refractivity contribution in [3.8, 4) is 11.1 Å². The van der Waals surface area contributed by atoms with E-state index in [0.29, 0.717) is 11.6 Å². The van der Waals surface area contributed by atoms with Gasteiger partial charge in [0.05, 0.1) is 16.1 Å². The number of thiazole rings is 1. The van der Waals surface area contributed by atoms with Gasteiger partial charge in [-0.25, -0.2) is 9.37 Å². The van der Waals surface area contributed by atoms with Gasteiger partial charge in [-0.15, -0.1) is 0 Å². The summed E-state index contributed by atoms with van der Waals surface area (Å²) in [6.45, 7) is 0. The van der Waals surface area contributed by atoms with E-state index in [9.17, 15) is 9.18 Å². The number of pyridine rings is 1. The summed E-state index contributed by atoms with van der Waals surface area (Å²) in [7, 11) is 0. The maximum Gasteiger partial charge on any atom is 0.232 e. The highest BCUT2D eigenvalue weighted by atomic mass is 79.9. The summed E-state index contributed by atoms with van der Waals surface area (Å²) in [5, 5.41) is 3.21. The van der Waals surface area contributed by atoms with E-state index in [2.05, 4.69) is 31.2 Å². The molecule has 3 aromatic rings. The molecule has 2 aromatic heterocycles. The quantitative estimate of drug-likeness (QED) is 0.718. The molecular formula is C16H11BrFN3OS. The van der Waals surface area contributed by atoms with Crippen LogP contribution in [0.3, 0.4) is 0 Å². The summed E-state index contributed by atoms with van der Waals surface area (Å²) >= 11 is 4.90. The molecule has 0 bridgehead atoms. The Bertz CT molecular complexity index is 913. The van der Waals surface area contributed by atoms with Crippen LogP contribution in [0.25, 0.3) is 21.3 Å². The van der Waals surface area contributed by atoms with E-state index >= 15 is 0 Å². The minimum Gasteiger partial charge on any atom is -0.302 e. The Morgan fingerprint density at radius 3 is 2.96 bits per heavy atom. The Hall–Kier alpha value is -1.86. The molecule has 1 aliphatic carbocycles. The van der Waals surface area contributed by atoms with Crippen molar-refractivity contribution in [2.24, 2.45) is 5.92 Å². The van der Waals surface area contributed by atoms with Crippen LogP contribution in [-0.2, 0) is 4.79 Å². The third-order valence-corrected chi connectivity index (χ3v) is 5.37. The summed E-state index contributed by atoms with van der Waals surface area (Å²) in [5.74, 6) is -0.796. The number of amides is 1. The largest absolute Gasteiger partial charge is 0.302 e. The number of nitrogens with zero attached hydrogens (tertiary/aromatic N) is 2. The van der Waals surface area contributed by atoms with E-state index < -0.39 is 12.1 Å². The van der Waals surface area contributed by atoms with Crippen LogP contribution in [-0.4, -0.2) is 22.0 Å². The van der Waals surface area contributed by atoms with E-state index in [4.69, 9.17) is 0 Å². The Kier molecular flexibility index (Phi) is 3.61. The molecule has 1 aromatic carbocycles. The fourth-order valence-corrected chi connectivity index (χ4v) is 3.73. The molecule has 1 N–H and O–H groups in total. The minimum absolute atomic E-state index is 0.285. The lowest BCUT2D eigenvalue weighted by Gasteiger charge is -2.03. The molecule has 0 saturated heterocycles. The second-order valence-electron chi connectivity index (χ2n) is 5.40. The fourth-order valence-electron chi connectivity index (χ4n) is 2.37. The van der Waals surface area contributed by atoms with Crippen LogP contribution in [0.15, 0.2) is 41.1 Å². The maximum atomic E-state index is 12.9. The normalized spacial score (nSPS) is 19.7. The van der Waals surface area contributed by atoms with Gasteiger partial charge in [-0.1, -0.05) is 33.3 Å². The fraction of sp³-hybridized carbons (Fsp3) is 0.188. The summed E-state index contributed by atoms with van der Waals surface area (Å²) < 4.78 is 14.8. The lowest BCUT2D eigenvalue weighted by atomic mass is 10.1. The number of carbonyl (C=O) groups is 1. The monoisotopic (exact) mass is 391 g/mol. The predicted molar refractivity (Wildman–Crippen MR) is 92.2 cm³/mol. The van der Waals surface area contributed by atoms with Crippen molar-refractivity contribution in [2.45, 2.75) is 12.6 Å². The topological polar surface area (TPSA) is 54.9 Å². The number of alkyl halides is 1. The average Bonchev–Trinajstić information content (AvgIpc) is 3.13. The minimum atomic E-state index is -1.00. The van der Waals surface area contributed by atoms with Gasteiger partial charge in [0.1, 0.15) is 6.17 Å². The molecule has 1 fully saturated rings. The van der Waals surface area contributed by atoms with Crippen LogP contribution in [0, 0.1) is 5.92 Å². The van der Waals surface area contributed by atoms with E-state index in [1.165, 1.54) is 11.3 Å². The van der Waals surface area contributed by atoms with E-state index in [-0.39, 0.29) is 5.91 Å². The second kappa shape index (κ2) is 5.65. The maximum absolute atomic E-state index is 12.9. The van der Waals surface area contributed by atoms with E-state index in [0.717, 1.165) is 25.8 Å². The second-order valence-corrected chi connectivity index (χ2v) is 7.29. The van der Waals surface area contributed by atoms with E-state index in [1.54, 1.807) is 12.4 Å². The number of benzene rings is 1. The number of halogens is 2. The van der Waals surface area contributed by atoms with Crippen molar-refractivity contribution in [3.63, 3.8) is 0 Å². The standard InChI is InChI=1S/C16H11BrFN3OS/c17-11-3-4-19-7-10(11)8-1-2-13-14(5-8)23-16(20-13)21-15(22)9-6-12(9)18/h1-5,7,9,12H,6H2,(H,20,21,22). The smallest absolute Gasteiger partial charge is 0.232 e. The molecule has 0 aliphatic heterocycles. The lowest BCUT2D eigenvalue weighted by molar-refractivity contribution is -0.117. The van der Waals surface area contributed by atoms with Gasteiger partial charge >= 0.3 is 0 Å². The number of carbonyl (C=O) groups excluding carboxylic acids is 1. The Labute approximate surface area is 143 Å². The van der Waals surface area contributed by atoms with Crippen LogP contribution in [0.2, 0.25) is 0 Å². The number of anilines is 1. The van der Waals surface area contributed by atoms with Crippen molar-refractivity contribution in [1.29, 1.82) is 0 Å². The lowest BCUT2D eigenvalue weighted by Crippen LogP contribution is -2.14. The highest BCUT2D eigenvalue weighted by Gasteiger charge is 2.43. The molecule has 2 heterocycles. The van der Waals surface area contributed by atoms with Gasteiger partial charge in [0.2, 0.25) is 5.91 Å². The third kappa shape index (κ3) is 2.86. The Morgan fingerprint density at radius 2 is 2.22 bits per heavy atom. The first-order chi connectivity index (χ1) is 11.1. The molecule has 7 heteroatoms. The van der Waals surface area contributed by atoms with Gasteiger partial charge in [0, 0.05) is 22.4 Å².